The van der Waals surface area contributed by atoms with Crippen molar-refractivity contribution in [3.05, 3.63) is 33.8 Å². The fraction of sp³-hybridized carbons (Fsp3) is 0.667. The number of halogens is 2. The lowest BCUT2D eigenvalue weighted by molar-refractivity contribution is -0.452. The Kier molecular flexibility index (Phi) is 3.17. The Morgan fingerprint density at radius 1 is 1.10 bits per heavy atom. The number of hydrogen-bond acceptors (Lipinski definition) is 0. The van der Waals surface area contributed by atoms with E-state index in [2.05, 4.69) is 24.8 Å². The van der Waals surface area contributed by atoms with Crippen molar-refractivity contribution in [3.8, 4) is 0 Å². The van der Waals surface area contributed by atoms with Gasteiger partial charge in [0.25, 0.3) is 0 Å². The predicted molar refractivity (Wildman–Crippen MR) is 87.6 cm³/mol. The van der Waals surface area contributed by atoms with Gasteiger partial charge in [0.05, 0.1) is 16.1 Å². The second-order valence-corrected chi connectivity index (χ2v) is 8.95. The summed E-state index contributed by atoms with van der Waals surface area (Å²) in [5.41, 5.74) is 6.67. The highest BCUT2D eigenvalue weighted by molar-refractivity contribution is 6.42. The van der Waals surface area contributed by atoms with Crippen LogP contribution in [0.3, 0.4) is 0 Å². The second kappa shape index (κ2) is 4.63. The molecule has 0 amide bonds. The zero-order valence-electron chi connectivity index (χ0n) is 12.7. The van der Waals surface area contributed by atoms with Crippen LogP contribution in [-0.4, -0.2) is 6.04 Å². The molecular formula is C18H24Cl2N+. The van der Waals surface area contributed by atoms with Gasteiger partial charge in [-0.1, -0.05) is 29.3 Å². The number of quaternary nitrogens is 1. The smallest absolute Gasteiger partial charge is 0.0872 e. The fourth-order valence-corrected chi connectivity index (χ4v) is 6.37. The minimum atomic E-state index is 0.338. The highest BCUT2D eigenvalue weighted by atomic mass is 35.5. The molecule has 114 valence electrons. The first kappa shape index (κ1) is 14.4. The van der Waals surface area contributed by atoms with Gasteiger partial charge in [-0.05, 0) is 80.4 Å². The summed E-state index contributed by atoms with van der Waals surface area (Å²) in [6.45, 7) is 2.33. The maximum Gasteiger partial charge on any atom is 0.0872 e. The molecule has 4 saturated carbocycles. The third kappa shape index (κ3) is 2.08. The maximum atomic E-state index is 6.31. The third-order valence-corrected chi connectivity index (χ3v) is 7.42. The molecule has 3 N–H and O–H groups in total. The van der Waals surface area contributed by atoms with Crippen molar-refractivity contribution in [2.75, 3.05) is 0 Å². The minimum absolute atomic E-state index is 0.338. The van der Waals surface area contributed by atoms with E-state index in [0.717, 1.165) is 11.8 Å². The first-order valence-electron chi connectivity index (χ1n) is 8.21. The molecule has 3 heteroatoms. The Balaban J connectivity index is 1.78. The van der Waals surface area contributed by atoms with Gasteiger partial charge in [0.15, 0.2) is 0 Å². The number of hydrogen-bond donors (Lipinski definition) is 1. The summed E-state index contributed by atoms with van der Waals surface area (Å²) < 4.78 is 0. The van der Waals surface area contributed by atoms with E-state index in [9.17, 15) is 0 Å². The monoisotopic (exact) mass is 324 g/mol. The van der Waals surface area contributed by atoms with Crippen molar-refractivity contribution < 1.29 is 5.73 Å². The quantitative estimate of drug-likeness (QED) is 0.831. The molecule has 1 aromatic rings. The molecule has 4 bridgehead atoms. The summed E-state index contributed by atoms with van der Waals surface area (Å²) in [5, 5.41) is 1.38. The molecule has 5 rings (SSSR count). The molecule has 4 aliphatic rings. The summed E-state index contributed by atoms with van der Waals surface area (Å²) in [4.78, 5) is 0. The average molecular weight is 325 g/mol. The van der Waals surface area contributed by atoms with E-state index < -0.39 is 0 Å². The molecule has 0 radical (unpaired) electrons. The fourth-order valence-electron chi connectivity index (χ4n) is 6.07. The summed E-state index contributed by atoms with van der Waals surface area (Å²) in [5.74, 6) is 1.79. The van der Waals surface area contributed by atoms with Gasteiger partial charge in [-0.2, -0.15) is 0 Å². The normalized spacial score (nSPS) is 42.3. The van der Waals surface area contributed by atoms with Gasteiger partial charge in [-0.15, -0.1) is 0 Å². The average Bonchev–Trinajstić information content (AvgIpc) is 2.40. The molecule has 1 aromatic carbocycles. The Morgan fingerprint density at radius 3 is 2.33 bits per heavy atom. The predicted octanol–water partition coefficient (Wildman–Crippen LogP) is 4.46. The van der Waals surface area contributed by atoms with Crippen LogP contribution in [-0.2, 0) is 5.41 Å². The molecular weight excluding hydrogens is 301 g/mol. The summed E-state index contributed by atoms with van der Waals surface area (Å²) >= 11 is 12.4. The minimum Gasteiger partial charge on any atom is -0.355 e. The first-order valence-corrected chi connectivity index (χ1v) is 8.97. The van der Waals surface area contributed by atoms with Crippen LogP contribution in [0.1, 0.15) is 51.0 Å². The van der Waals surface area contributed by atoms with Crippen LogP contribution in [0.25, 0.3) is 0 Å². The lowest BCUT2D eigenvalue weighted by atomic mass is 9.41. The van der Waals surface area contributed by atoms with Gasteiger partial charge in [0, 0.05) is 5.41 Å². The SMILES string of the molecule is C[C@@H]([NH3+])C12C[C@@H]3C[C@@H](CC(c4ccc(Cl)c(Cl)c4)(C3)C1)C2. The molecule has 1 nitrogen and oxygen atoms in total. The van der Waals surface area contributed by atoms with Crippen LogP contribution >= 0.6 is 23.2 Å². The zero-order valence-corrected chi connectivity index (χ0v) is 14.2. The summed E-state index contributed by atoms with van der Waals surface area (Å²) in [7, 11) is 0. The van der Waals surface area contributed by atoms with E-state index in [-0.39, 0.29) is 0 Å². The van der Waals surface area contributed by atoms with Crippen LogP contribution < -0.4 is 5.73 Å². The number of rotatable bonds is 2. The Morgan fingerprint density at radius 2 is 1.76 bits per heavy atom. The summed E-state index contributed by atoms with van der Waals surface area (Å²) in [6, 6.07) is 6.89. The molecule has 21 heavy (non-hydrogen) atoms. The van der Waals surface area contributed by atoms with Crippen molar-refractivity contribution in [1.29, 1.82) is 0 Å². The van der Waals surface area contributed by atoms with Crippen molar-refractivity contribution >= 4 is 23.2 Å². The van der Waals surface area contributed by atoms with Gasteiger partial charge >= 0.3 is 0 Å². The zero-order chi connectivity index (χ0) is 14.8. The maximum absolute atomic E-state index is 6.31. The molecule has 4 fully saturated rings. The molecule has 0 aromatic heterocycles. The Hall–Kier alpha value is -0.240. The molecule has 0 spiro atoms. The van der Waals surface area contributed by atoms with E-state index in [1.54, 1.807) is 0 Å². The van der Waals surface area contributed by atoms with Crippen molar-refractivity contribution in [3.63, 3.8) is 0 Å². The standard InChI is InChI=1S/C18H23Cl2N/c1-11(21)17-6-12-4-13(7-17)9-18(8-12,10-17)14-2-3-15(19)16(20)5-14/h2-3,5,11-13H,4,6-10,21H2,1H3/p+1/t11-,12-,13+,17?,18?/m1/s1. The first-order chi connectivity index (χ1) is 9.92. The van der Waals surface area contributed by atoms with Crippen LogP contribution in [0.2, 0.25) is 10.0 Å². The Bertz CT molecular complexity index is 567. The van der Waals surface area contributed by atoms with E-state index >= 15 is 0 Å². The highest BCUT2D eigenvalue weighted by Crippen LogP contribution is 2.66. The van der Waals surface area contributed by atoms with Crippen molar-refractivity contribution in [2.24, 2.45) is 17.3 Å². The van der Waals surface area contributed by atoms with Crippen LogP contribution in [0, 0.1) is 17.3 Å². The van der Waals surface area contributed by atoms with E-state index in [1.165, 1.54) is 44.1 Å². The topological polar surface area (TPSA) is 27.6 Å². The van der Waals surface area contributed by atoms with Gasteiger partial charge in [0.2, 0.25) is 0 Å². The lowest BCUT2D eigenvalue weighted by Crippen LogP contribution is -2.71. The van der Waals surface area contributed by atoms with Crippen molar-refractivity contribution in [2.45, 2.75) is 56.9 Å². The Labute approximate surface area is 137 Å². The molecule has 4 aliphatic carbocycles. The van der Waals surface area contributed by atoms with Gasteiger partial charge in [0.1, 0.15) is 0 Å². The molecule has 5 atom stereocenters. The third-order valence-electron chi connectivity index (χ3n) is 6.68. The highest BCUT2D eigenvalue weighted by Gasteiger charge is 2.60. The summed E-state index contributed by atoms with van der Waals surface area (Å²) in [6.07, 6.45) is 8.23. The van der Waals surface area contributed by atoms with E-state index in [0.29, 0.717) is 26.9 Å². The van der Waals surface area contributed by atoms with Crippen LogP contribution in [0.5, 0.6) is 0 Å². The molecule has 2 unspecified atom stereocenters. The van der Waals surface area contributed by atoms with Crippen LogP contribution in [0.15, 0.2) is 18.2 Å². The van der Waals surface area contributed by atoms with Crippen LogP contribution in [0.4, 0.5) is 0 Å². The second-order valence-electron chi connectivity index (χ2n) is 8.13. The van der Waals surface area contributed by atoms with Gasteiger partial charge in [-0.25, -0.2) is 0 Å². The molecule has 0 aliphatic heterocycles. The van der Waals surface area contributed by atoms with Gasteiger partial charge in [-0.3, -0.25) is 0 Å². The van der Waals surface area contributed by atoms with Crippen molar-refractivity contribution in [1.82, 2.24) is 0 Å². The van der Waals surface area contributed by atoms with E-state index in [4.69, 9.17) is 23.2 Å². The lowest BCUT2D eigenvalue weighted by Gasteiger charge is -2.62. The largest absolute Gasteiger partial charge is 0.355 e. The number of benzene rings is 1. The molecule has 0 heterocycles. The van der Waals surface area contributed by atoms with Gasteiger partial charge < -0.3 is 5.73 Å². The van der Waals surface area contributed by atoms with E-state index in [1.807, 2.05) is 6.07 Å². The molecule has 0 saturated heterocycles.